The van der Waals surface area contributed by atoms with E-state index in [2.05, 4.69) is 4.90 Å². The molecule has 0 spiro atoms. The number of piperazine rings is 1. The molecule has 7 nitrogen and oxygen atoms in total. The first kappa shape index (κ1) is 28.5. The molecule has 38 heavy (non-hydrogen) atoms. The number of halogens is 3. The van der Waals surface area contributed by atoms with Crippen LogP contribution in [0.1, 0.15) is 27.6 Å². The quantitative estimate of drug-likeness (QED) is 0.324. The average Bonchev–Trinajstić information content (AvgIpc) is 2.93. The Hall–Kier alpha value is -2.53. The third-order valence-electron chi connectivity index (χ3n) is 6.35. The fourth-order valence-electron chi connectivity index (χ4n) is 4.16. The van der Waals surface area contributed by atoms with Crippen LogP contribution in [0.4, 0.5) is 4.39 Å². The van der Waals surface area contributed by atoms with Gasteiger partial charge in [0.2, 0.25) is 10.0 Å². The molecule has 4 rings (SSSR count). The summed E-state index contributed by atoms with van der Waals surface area (Å²) < 4.78 is 52.0. The van der Waals surface area contributed by atoms with E-state index < -0.39 is 21.8 Å². The highest BCUT2D eigenvalue weighted by Crippen LogP contribution is 2.26. The Labute approximate surface area is 231 Å². The lowest BCUT2D eigenvalue weighted by Gasteiger charge is -2.36. The van der Waals surface area contributed by atoms with Crippen LogP contribution in [0.5, 0.6) is 0 Å². The smallest absolute Gasteiger partial charge is 0.337 e. The number of benzene rings is 3. The Morgan fingerprint density at radius 2 is 1.63 bits per heavy atom. The summed E-state index contributed by atoms with van der Waals surface area (Å²) in [5, 5.41) is 0.387. The van der Waals surface area contributed by atoms with Crippen LogP contribution in [0.2, 0.25) is 10.0 Å². The Kier molecular flexibility index (Phi) is 9.40. The van der Waals surface area contributed by atoms with Crippen molar-refractivity contribution in [2.24, 2.45) is 0 Å². The summed E-state index contributed by atoms with van der Waals surface area (Å²) in [6.07, 6.45) is -0.299. The van der Waals surface area contributed by atoms with Crippen LogP contribution >= 0.6 is 23.2 Å². The van der Waals surface area contributed by atoms with Crippen molar-refractivity contribution in [1.29, 1.82) is 0 Å². The second-order valence-electron chi connectivity index (χ2n) is 8.82. The molecule has 11 heteroatoms. The topological polar surface area (TPSA) is 76.2 Å². The van der Waals surface area contributed by atoms with Crippen molar-refractivity contribution in [3.05, 3.63) is 99.3 Å². The summed E-state index contributed by atoms with van der Waals surface area (Å²) >= 11 is 11.9. The van der Waals surface area contributed by atoms with Crippen molar-refractivity contribution in [2.75, 3.05) is 39.8 Å². The molecule has 3 aromatic rings. The predicted molar refractivity (Wildman–Crippen MR) is 143 cm³/mol. The monoisotopic (exact) mass is 580 g/mol. The molecule has 1 atom stereocenters. The number of carbonyl (C=O) groups excluding carboxylic acids is 1. The van der Waals surface area contributed by atoms with Crippen molar-refractivity contribution in [3.63, 3.8) is 0 Å². The van der Waals surface area contributed by atoms with E-state index in [1.807, 2.05) is 24.3 Å². The maximum atomic E-state index is 13.5. The van der Waals surface area contributed by atoms with Crippen molar-refractivity contribution < 1.29 is 27.1 Å². The van der Waals surface area contributed by atoms with Gasteiger partial charge in [0.25, 0.3) is 0 Å². The molecule has 1 fully saturated rings. The number of ether oxygens (including phenoxy) is 2. The molecule has 1 aliphatic heterocycles. The molecule has 0 bridgehead atoms. The van der Waals surface area contributed by atoms with Crippen LogP contribution in [0.25, 0.3) is 0 Å². The standard InChI is InChI=1S/C27H27Cl2FN2O5S/c1-36-27(33)21-4-2-19(3-5-21)18-37-26(20-6-8-22(28)9-7-20)17-31-12-14-32(15-13-31)38(34,35)23-10-11-25(30)24(29)16-23/h2-11,16,26H,12-15,17-18H2,1H3/t26-/m0/s1. The van der Waals surface area contributed by atoms with Crippen molar-refractivity contribution >= 4 is 39.2 Å². The van der Waals surface area contributed by atoms with Gasteiger partial charge in [-0.1, -0.05) is 47.5 Å². The minimum absolute atomic E-state index is 0.0297. The van der Waals surface area contributed by atoms with Gasteiger partial charge < -0.3 is 9.47 Å². The van der Waals surface area contributed by atoms with E-state index in [1.165, 1.54) is 17.5 Å². The number of carbonyl (C=O) groups is 1. The molecule has 1 heterocycles. The van der Waals surface area contributed by atoms with Crippen molar-refractivity contribution in [2.45, 2.75) is 17.6 Å². The third kappa shape index (κ3) is 6.91. The fraction of sp³-hybridized carbons (Fsp3) is 0.296. The number of sulfonamides is 1. The highest BCUT2D eigenvalue weighted by molar-refractivity contribution is 7.89. The first-order chi connectivity index (χ1) is 18.2. The van der Waals surface area contributed by atoms with Gasteiger partial charge >= 0.3 is 5.97 Å². The van der Waals surface area contributed by atoms with E-state index >= 15 is 0 Å². The zero-order chi connectivity index (χ0) is 27.3. The lowest BCUT2D eigenvalue weighted by molar-refractivity contribution is 0.00771. The highest BCUT2D eigenvalue weighted by Gasteiger charge is 2.30. The van der Waals surface area contributed by atoms with Gasteiger partial charge in [0.15, 0.2) is 0 Å². The Morgan fingerprint density at radius 3 is 2.24 bits per heavy atom. The predicted octanol–water partition coefficient (Wildman–Crippen LogP) is 5.18. The number of nitrogens with zero attached hydrogens (tertiary/aromatic N) is 2. The molecule has 0 aliphatic carbocycles. The molecule has 202 valence electrons. The van der Waals surface area contributed by atoms with E-state index in [0.29, 0.717) is 36.8 Å². The molecule has 3 aromatic carbocycles. The number of hydrogen-bond donors (Lipinski definition) is 0. The first-order valence-electron chi connectivity index (χ1n) is 11.9. The minimum atomic E-state index is -3.79. The molecular weight excluding hydrogens is 554 g/mol. The van der Waals surface area contributed by atoms with Gasteiger partial charge in [-0.05, 0) is 53.6 Å². The molecule has 1 saturated heterocycles. The van der Waals surface area contributed by atoms with Gasteiger partial charge in [0.05, 0.1) is 35.3 Å². The van der Waals surface area contributed by atoms with Crippen LogP contribution in [0, 0.1) is 5.82 Å². The van der Waals surface area contributed by atoms with E-state index in [0.717, 1.165) is 23.3 Å². The zero-order valence-corrected chi connectivity index (χ0v) is 23.0. The van der Waals surface area contributed by atoms with Gasteiger partial charge in [-0.3, -0.25) is 4.90 Å². The summed E-state index contributed by atoms with van der Waals surface area (Å²) in [5.41, 5.74) is 2.29. The number of methoxy groups -OCH3 is 1. The van der Waals surface area contributed by atoms with Crippen molar-refractivity contribution in [3.8, 4) is 0 Å². The molecular formula is C27H27Cl2FN2O5S. The average molecular weight is 581 g/mol. The van der Waals surface area contributed by atoms with E-state index in [1.54, 1.807) is 24.3 Å². The van der Waals surface area contributed by atoms with Crippen LogP contribution in [-0.2, 0) is 26.1 Å². The summed E-state index contributed by atoms with van der Waals surface area (Å²) in [6, 6.07) is 17.9. The molecule has 0 unspecified atom stereocenters. The molecule has 0 amide bonds. The number of hydrogen-bond acceptors (Lipinski definition) is 6. The summed E-state index contributed by atoms with van der Waals surface area (Å²) in [7, 11) is -2.45. The largest absolute Gasteiger partial charge is 0.465 e. The lowest BCUT2D eigenvalue weighted by atomic mass is 10.1. The second-order valence-corrected chi connectivity index (χ2v) is 11.6. The lowest BCUT2D eigenvalue weighted by Crippen LogP contribution is -2.49. The normalized spacial score (nSPS) is 15.8. The number of esters is 1. The third-order valence-corrected chi connectivity index (χ3v) is 8.79. The molecule has 0 radical (unpaired) electrons. The van der Waals surface area contributed by atoms with Crippen LogP contribution in [-0.4, -0.2) is 63.4 Å². The van der Waals surface area contributed by atoms with Crippen LogP contribution in [0.15, 0.2) is 71.6 Å². The molecule has 0 aromatic heterocycles. The van der Waals surface area contributed by atoms with Gasteiger partial charge in [-0.25, -0.2) is 17.6 Å². The highest BCUT2D eigenvalue weighted by atomic mass is 35.5. The van der Waals surface area contributed by atoms with Gasteiger partial charge in [-0.15, -0.1) is 0 Å². The summed E-state index contributed by atoms with van der Waals surface area (Å²) in [4.78, 5) is 13.8. The van der Waals surface area contributed by atoms with Gasteiger partial charge in [-0.2, -0.15) is 4.31 Å². The van der Waals surface area contributed by atoms with Crippen LogP contribution in [0.3, 0.4) is 0 Å². The van der Waals surface area contributed by atoms with E-state index in [4.69, 9.17) is 32.7 Å². The van der Waals surface area contributed by atoms with E-state index in [-0.39, 0.29) is 29.1 Å². The van der Waals surface area contributed by atoms with Crippen molar-refractivity contribution in [1.82, 2.24) is 9.21 Å². The van der Waals surface area contributed by atoms with Gasteiger partial charge in [0.1, 0.15) is 5.82 Å². The molecule has 0 saturated carbocycles. The Bertz CT molecular complexity index is 1360. The first-order valence-corrected chi connectivity index (χ1v) is 14.1. The summed E-state index contributed by atoms with van der Waals surface area (Å²) in [6.45, 7) is 2.40. The summed E-state index contributed by atoms with van der Waals surface area (Å²) in [5.74, 6) is -1.07. The SMILES string of the molecule is COC(=O)c1ccc(CO[C@@H](CN2CCN(S(=O)(=O)c3ccc(F)c(Cl)c3)CC2)c2ccc(Cl)cc2)cc1. The maximum Gasteiger partial charge on any atom is 0.337 e. The fourth-order valence-corrected chi connectivity index (χ4v) is 5.98. The maximum absolute atomic E-state index is 13.5. The Balaban J connectivity index is 1.41. The minimum Gasteiger partial charge on any atom is -0.465 e. The Morgan fingerprint density at radius 1 is 0.974 bits per heavy atom. The molecule has 1 aliphatic rings. The number of rotatable bonds is 9. The van der Waals surface area contributed by atoms with E-state index in [9.17, 15) is 17.6 Å². The van der Waals surface area contributed by atoms with Crippen LogP contribution < -0.4 is 0 Å². The van der Waals surface area contributed by atoms with Gasteiger partial charge in [0, 0.05) is 37.7 Å². The second kappa shape index (κ2) is 12.5. The zero-order valence-electron chi connectivity index (χ0n) is 20.6. The molecule has 0 N–H and O–H groups in total.